The van der Waals surface area contributed by atoms with Crippen molar-refractivity contribution in [1.29, 1.82) is 0 Å². The molecule has 4 aromatic heterocycles. The van der Waals surface area contributed by atoms with E-state index >= 15 is 0 Å². The largest absolute Gasteiger partial charge is 0.289 e. The van der Waals surface area contributed by atoms with E-state index < -0.39 is 0 Å². The van der Waals surface area contributed by atoms with Gasteiger partial charge in [0, 0.05) is 27.1 Å². The molecule has 5 aromatic carbocycles. The molecule has 0 fully saturated rings. The van der Waals surface area contributed by atoms with Crippen molar-refractivity contribution < 1.29 is 0 Å². The summed E-state index contributed by atoms with van der Waals surface area (Å²) in [6.45, 7) is 0. The molecule has 4 heterocycles. The standard InChI is InChI=1S/C35H21N5/c1-2-12-22(13-3-1)31-25-16-6-8-18-27(25)37-35(38-31)40-29-20-10-7-17-26(29)33-32(40)23-14-4-5-15-24(23)34-36-28-19-9-11-21-30(28)39(33)34/h1-21H. The normalized spacial score (nSPS) is 12.0. The van der Waals surface area contributed by atoms with Crippen LogP contribution >= 0.6 is 0 Å². The number of para-hydroxylation sites is 4. The van der Waals surface area contributed by atoms with Crippen LogP contribution < -0.4 is 0 Å². The molecule has 5 nitrogen and oxygen atoms in total. The zero-order chi connectivity index (χ0) is 26.2. The van der Waals surface area contributed by atoms with Gasteiger partial charge in [0.25, 0.3) is 0 Å². The topological polar surface area (TPSA) is 48.0 Å². The van der Waals surface area contributed by atoms with Gasteiger partial charge < -0.3 is 0 Å². The van der Waals surface area contributed by atoms with Crippen molar-refractivity contribution in [3.63, 3.8) is 0 Å². The van der Waals surface area contributed by atoms with Gasteiger partial charge in [-0.2, -0.15) is 0 Å². The van der Waals surface area contributed by atoms with Crippen molar-refractivity contribution in [3.05, 3.63) is 127 Å². The van der Waals surface area contributed by atoms with Crippen molar-refractivity contribution >= 4 is 60.3 Å². The van der Waals surface area contributed by atoms with E-state index in [4.69, 9.17) is 15.0 Å². The molecule has 0 aliphatic rings. The zero-order valence-electron chi connectivity index (χ0n) is 21.4. The Labute approximate surface area is 228 Å². The fourth-order valence-corrected chi connectivity index (χ4v) is 6.20. The van der Waals surface area contributed by atoms with E-state index in [1.807, 2.05) is 24.3 Å². The van der Waals surface area contributed by atoms with Crippen molar-refractivity contribution in [1.82, 2.24) is 23.9 Å². The van der Waals surface area contributed by atoms with E-state index in [1.54, 1.807) is 0 Å². The Morgan fingerprint density at radius 2 is 1.05 bits per heavy atom. The van der Waals surface area contributed by atoms with E-state index in [9.17, 15) is 0 Å². The Morgan fingerprint density at radius 1 is 0.425 bits per heavy atom. The van der Waals surface area contributed by atoms with Crippen LogP contribution in [0, 0.1) is 0 Å². The maximum atomic E-state index is 5.28. The van der Waals surface area contributed by atoms with Crippen molar-refractivity contribution in [2.75, 3.05) is 0 Å². The van der Waals surface area contributed by atoms with Crippen LogP contribution in [0.1, 0.15) is 0 Å². The quantitative estimate of drug-likeness (QED) is 0.234. The Balaban J connectivity index is 1.54. The third kappa shape index (κ3) is 2.83. The first-order valence-corrected chi connectivity index (χ1v) is 13.4. The van der Waals surface area contributed by atoms with E-state index in [1.165, 1.54) is 0 Å². The van der Waals surface area contributed by atoms with Crippen LogP contribution in [0.3, 0.4) is 0 Å². The molecule has 0 saturated heterocycles. The van der Waals surface area contributed by atoms with Crippen LogP contribution in [0.15, 0.2) is 127 Å². The highest BCUT2D eigenvalue weighted by atomic mass is 15.2. The zero-order valence-corrected chi connectivity index (χ0v) is 21.4. The van der Waals surface area contributed by atoms with Gasteiger partial charge in [0.1, 0.15) is 5.65 Å². The van der Waals surface area contributed by atoms with Crippen LogP contribution in [0.25, 0.3) is 77.5 Å². The maximum absolute atomic E-state index is 5.28. The van der Waals surface area contributed by atoms with Gasteiger partial charge in [-0.3, -0.25) is 8.97 Å². The van der Waals surface area contributed by atoms with Crippen LogP contribution in [0.4, 0.5) is 0 Å². The number of aromatic nitrogens is 5. The first kappa shape index (κ1) is 21.4. The number of hydrogen-bond acceptors (Lipinski definition) is 3. The van der Waals surface area contributed by atoms with Gasteiger partial charge in [0.05, 0.1) is 38.8 Å². The van der Waals surface area contributed by atoms with Gasteiger partial charge in [0.15, 0.2) is 0 Å². The summed E-state index contributed by atoms with van der Waals surface area (Å²) in [5, 5.41) is 4.38. The summed E-state index contributed by atoms with van der Waals surface area (Å²) in [4.78, 5) is 15.5. The minimum Gasteiger partial charge on any atom is -0.289 e. The summed E-state index contributed by atoms with van der Waals surface area (Å²) in [5.41, 5.74) is 9.15. The van der Waals surface area contributed by atoms with Crippen molar-refractivity contribution in [3.8, 4) is 17.2 Å². The SMILES string of the molecule is c1ccc(-c2nc(-n3c4ccccc4c4c3c3ccccc3c3nc5ccccc5n34)nc3ccccc23)cc1. The second-order valence-corrected chi connectivity index (χ2v) is 10.1. The summed E-state index contributed by atoms with van der Waals surface area (Å²) in [7, 11) is 0. The number of fused-ring (bicyclic) bond motifs is 11. The smallest absolute Gasteiger partial charge is 0.235 e. The number of hydrogen-bond donors (Lipinski definition) is 0. The molecule has 0 aliphatic carbocycles. The molecule has 0 bridgehead atoms. The predicted octanol–water partition coefficient (Wildman–Crippen LogP) is 8.35. The van der Waals surface area contributed by atoms with Gasteiger partial charge in [-0.15, -0.1) is 0 Å². The average Bonchev–Trinajstić information content (AvgIpc) is 3.58. The fraction of sp³-hybridized carbons (Fsp3) is 0. The van der Waals surface area contributed by atoms with Gasteiger partial charge >= 0.3 is 0 Å². The molecule has 186 valence electrons. The van der Waals surface area contributed by atoms with E-state index in [0.29, 0.717) is 5.95 Å². The molecule has 9 aromatic rings. The Bertz CT molecular complexity index is 2430. The molecule has 0 N–H and O–H groups in total. The molecular weight excluding hydrogens is 490 g/mol. The van der Waals surface area contributed by atoms with Gasteiger partial charge in [-0.05, 0) is 24.3 Å². The minimum atomic E-state index is 0.651. The minimum absolute atomic E-state index is 0.651. The Morgan fingerprint density at radius 3 is 1.88 bits per heavy atom. The van der Waals surface area contributed by atoms with E-state index in [2.05, 4.69) is 112 Å². The highest BCUT2D eigenvalue weighted by Gasteiger charge is 2.23. The Hall–Kier alpha value is -5.55. The van der Waals surface area contributed by atoms with Crippen LogP contribution in [-0.2, 0) is 0 Å². The number of imidazole rings is 1. The van der Waals surface area contributed by atoms with Crippen molar-refractivity contribution in [2.24, 2.45) is 0 Å². The molecule has 0 radical (unpaired) electrons. The maximum Gasteiger partial charge on any atom is 0.235 e. The van der Waals surface area contributed by atoms with Crippen LogP contribution in [0.5, 0.6) is 0 Å². The van der Waals surface area contributed by atoms with Crippen LogP contribution in [0.2, 0.25) is 0 Å². The molecule has 0 atom stereocenters. The average molecular weight is 512 g/mol. The molecular formula is C35H21N5. The predicted molar refractivity (Wildman–Crippen MR) is 163 cm³/mol. The molecule has 9 rings (SSSR count). The number of benzene rings is 5. The number of rotatable bonds is 2. The van der Waals surface area contributed by atoms with Crippen molar-refractivity contribution in [2.45, 2.75) is 0 Å². The summed E-state index contributed by atoms with van der Waals surface area (Å²) < 4.78 is 4.55. The highest BCUT2D eigenvalue weighted by molar-refractivity contribution is 6.21. The lowest BCUT2D eigenvalue weighted by Crippen LogP contribution is -2.04. The number of pyridine rings is 1. The lowest BCUT2D eigenvalue weighted by molar-refractivity contribution is 1.02. The number of nitrogens with zero attached hydrogens (tertiary/aromatic N) is 5. The molecule has 5 heteroatoms. The lowest BCUT2D eigenvalue weighted by Gasteiger charge is -2.13. The van der Waals surface area contributed by atoms with E-state index in [-0.39, 0.29) is 0 Å². The van der Waals surface area contributed by atoms with E-state index in [0.717, 1.165) is 71.5 Å². The molecule has 0 aliphatic heterocycles. The monoisotopic (exact) mass is 511 g/mol. The van der Waals surface area contributed by atoms with Gasteiger partial charge in [0.2, 0.25) is 5.95 Å². The molecule has 0 amide bonds. The summed E-state index contributed by atoms with van der Waals surface area (Å²) >= 11 is 0. The summed E-state index contributed by atoms with van der Waals surface area (Å²) in [6, 6.07) is 44.1. The second-order valence-electron chi connectivity index (χ2n) is 10.1. The highest BCUT2D eigenvalue weighted by Crippen LogP contribution is 2.40. The fourth-order valence-electron chi connectivity index (χ4n) is 6.20. The molecule has 0 saturated carbocycles. The summed E-state index contributed by atoms with van der Waals surface area (Å²) in [5.74, 6) is 0.651. The van der Waals surface area contributed by atoms with Crippen LogP contribution in [-0.4, -0.2) is 23.9 Å². The summed E-state index contributed by atoms with van der Waals surface area (Å²) in [6.07, 6.45) is 0. The lowest BCUT2D eigenvalue weighted by atomic mass is 10.1. The molecule has 0 unspecified atom stereocenters. The first-order valence-electron chi connectivity index (χ1n) is 13.4. The van der Waals surface area contributed by atoms with Gasteiger partial charge in [-0.1, -0.05) is 103 Å². The third-order valence-corrected chi connectivity index (χ3v) is 7.89. The first-order chi connectivity index (χ1) is 19.9. The molecule has 0 spiro atoms. The van der Waals surface area contributed by atoms with Gasteiger partial charge in [-0.25, -0.2) is 15.0 Å². The second kappa shape index (κ2) is 7.98. The Kier molecular flexibility index (Phi) is 4.27. The third-order valence-electron chi connectivity index (χ3n) is 7.89. The molecule has 40 heavy (non-hydrogen) atoms.